The number of carbonyl (C=O) groups excluding carboxylic acids is 1. The van der Waals surface area contributed by atoms with Gasteiger partial charge in [0.1, 0.15) is 5.69 Å². The molecular formula is C12H14N2O. The zero-order valence-electron chi connectivity index (χ0n) is 8.65. The van der Waals surface area contributed by atoms with E-state index in [1.54, 1.807) is 12.3 Å². The normalized spacial score (nSPS) is 16.5. The number of aromatic nitrogens is 1. The molecule has 0 bridgehead atoms. The van der Waals surface area contributed by atoms with Gasteiger partial charge in [-0.1, -0.05) is 18.2 Å². The zero-order valence-corrected chi connectivity index (χ0v) is 8.65. The summed E-state index contributed by atoms with van der Waals surface area (Å²) in [4.78, 5) is 17.8. The van der Waals surface area contributed by atoms with Crippen molar-refractivity contribution in [3.8, 4) is 0 Å². The van der Waals surface area contributed by atoms with Gasteiger partial charge in [-0.05, 0) is 25.0 Å². The van der Waals surface area contributed by atoms with Gasteiger partial charge in [0.2, 0.25) is 0 Å². The second kappa shape index (κ2) is 4.26. The number of carbonyl (C=O) groups is 1. The molecule has 0 atom stereocenters. The second-order valence-electron chi connectivity index (χ2n) is 3.76. The van der Waals surface area contributed by atoms with E-state index in [9.17, 15) is 4.79 Å². The van der Waals surface area contributed by atoms with Gasteiger partial charge in [-0.3, -0.25) is 9.78 Å². The molecule has 1 amide bonds. The van der Waals surface area contributed by atoms with Crippen LogP contribution in [-0.2, 0) is 0 Å². The van der Waals surface area contributed by atoms with Crippen LogP contribution in [0.15, 0.2) is 36.5 Å². The van der Waals surface area contributed by atoms with Crippen LogP contribution in [0.2, 0.25) is 0 Å². The lowest BCUT2D eigenvalue weighted by atomic mass is 10.1. The Kier molecular flexibility index (Phi) is 2.81. The van der Waals surface area contributed by atoms with Crippen molar-refractivity contribution in [3.63, 3.8) is 0 Å². The maximum absolute atomic E-state index is 11.9. The number of piperidine rings is 1. The lowest BCUT2D eigenvalue weighted by Crippen LogP contribution is -2.36. The maximum atomic E-state index is 11.9. The van der Waals surface area contributed by atoms with Crippen LogP contribution in [0.3, 0.4) is 0 Å². The molecule has 2 heterocycles. The molecule has 3 nitrogen and oxygen atoms in total. The molecule has 1 saturated heterocycles. The van der Waals surface area contributed by atoms with Gasteiger partial charge < -0.3 is 4.90 Å². The van der Waals surface area contributed by atoms with Crippen LogP contribution >= 0.6 is 0 Å². The van der Waals surface area contributed by atoms with Crippen LogP contribution < -0.4 is 0 Å². The summed E-state index contributed by atoms with van der Waals surface area (Å²) < 4.78 is 0. The maximum Gasteiger partial charge on any atom is 0.272 e. The van der Waals surface area contributed by atoms with Gasteiger partial charge in [0.15, 0.2) is 0 Å². The molecule has 3 heteroatoms. The van der Waals surface area contributed by atoms with E-state index in [4.69, 9.17) is 0 Å². The fourth-order valence-electron chi connectivity index (χ4n) is 1.68. The molecular weight excluding hydrogens is 188 g/mol. The van der Waals surface area contributed by atoms with E-state index in [0.29, 0.717) is 5.69 Å². The molecule has 1 aromatic heterocycles. The van der Waals surface area contributed by atoms with E-state index in [2.05, 4.69) is 11.6 Å². The minimum Gasteiger partial charge on any atom is -0.337 e. The number of nitrogens with zero attached hydrogens (tertiary/aromatic N) is 2. The summed E-state index contributed by atoms with van der Waals surface area (Å²) in [5, 5.41) is 0. The summed E-state index contributed by atoms with van der Waals surface area (Å²) in [5.74, 6) is 0.0306. The highest BCUT2D eigenvalue weighted by molar-refractivity contribution is 5.92. The third kappa shape index (κ3) is 2.24. The fraction of sp³-hybridized carbons (Fsp3) is 0.333. The third-order valence-electron chi connectivity index (χ3n) is 2.64. The van der Waals surface area contributed by atoms with Crippen LogP contribution in [-0.4, -0.2) is 28.9 Å². The van der Waals surface area contributed by atoms with Gasteiger partial charge in [0, 0.05) is 19.3 Å². The third-order valence-corrected chi connectivity index (χ3v) is 2.64. The van der Waals surface area contributed by atoms with Crippen molar-refractivity contribution in [2.24, 2.45) is 0 Å². The summed E-state index contributed by atoms with van der Waals surface area (Å²) >= 11 is 0. The smallest absolute Gasteiger partial charge is 0.272 e. The van der Waals surface area contributed by atoms with Crippen molar-refractivity contribution < 1.29 is 4.79 Å². The first-order valence-corrected chi connectivity index (χ1v) is 5.14. The molecule has 15 heavy (non-hydrogen) atoms. The van der Waals surface area contributed by atoms with Gasteiger partial charge in [0.05, 0.1) is 0 Å². The predicted molar refractivity (Wildman–Crippen MR) is 58.5 cm³/mol. The van der Waals surface area contributed by atoms with E-state index < -0.39 is 0 Å². The monoisotopic (exact) mass is 202 g/mol. The molecule has 0 N–H and O–H groups in total. The first-order chi connectivity index (χ1) is 7.27. The Morgan fingerprint density at radius 3 is 2.67 bits per heavy atom. The highest BCUT2D eigenvalue weighted by atomic mass is 16.2. The number of hydrogen-bond donors (Lipinski definition) is 0. The van der Waals surface area contributed by atoms with Crippen LogP contribution in [0.1, 0.15) is 23.3 Å². The fourth-order valence-corrected chi connectivity index (χ4v) is 1.68. The Morgan fingerprint density at radius 2 is 2.07 bits per heavy atom. The zero-order chi connectivity index (χ0) is 10.7. The topological polar surface area (TPSA) is 33.2 Å². The van der Waals surface area contributed by atoms with Gasteiger partial charge in [-0.25, -0.2) is 0 Å². The quantitative estimate of drug-likeness (QED) is 0.651. The summed E-state index contributed by atoms with van der Waals surface area (Å²) in [5.41, 5.74) is 1.77. The highest BCUT2D eigenvalue weighted by Crippen LogP contribution is 2.15. The van der Waals surface area contributed by atoms with Crippen molar-refractivity contribution in [2.75, 3.05) is 13.1 Å². The summed E-state index contributed by atoms with van der Waals surface area (Å²) in [7, 11) is 0. The average Bonchev–Trinajstić information content (AvgIpc) is 2.30. The molecule has 1 aliphatic rings. The van der Waals surface area contributed by atoms with Crippen LogP contribution in [0, 0.1) is 0 Å². The molecule has 78 valence electrons. The molecule has 1 aromatic rings. The van der Waals surface area contributed by atoms with Gasteiger partial charge in [0.25, 0.3) is 5.91 Å². The Hall–Kier alpha value is -1.64. The lowest BCUT2D eigenvalue weighted by Gasteiger charge is -2.27. The first kappa shape index (κ1) is 9.90. The van der Waals surface area contributed by atoms with Gasteiger partial charge in [-0.15, -0.1) is 0 Å². The molecule has 2 rings (SSSR count). The average molecular weight is 202 g/mol. The molecule has 0 unspecified atom stereocenters. The van der Waals surface area contributed by atoms with Gasteiger partial charge >= 0.3 is 0 Å². The molecule has 1 fully saturated rings. The lowest BCUT2D eigenvalue weighted by molar-refractivity contribution is 0.0738. The number of pyridine rings is 1. The van der Waals surface area contributed by atoms with Crippen molar-refractivity contribution in [1.82, 2.24) is 9.88 Å². The molecule has 0 aromatic carbocycles. The molecule has 1 aliphatic heterocycles. The van der Waals surface area contributed by atoms with Crippen molar-refractivity contribution in [2.45, 2.75) is 12.8 Å². The minimum absolute atomic E-state index is 0.0306. The number of amides is 1. The Morgan fingerprint density at radius 1 is 1.33 bits per heavy atom. The van der Waals surface area contributed by atoms with E-state index in [0.717, 1.165) is 25.9 Å². The number of hydrogen-bond acceptors (Lipinski definition) is 2. The second-order valence-corrected chi connectivity index (χ2v) is 3.76. The number of likely N-dealkylation sites (tertiary alicyclic amines) is 1. The van der Waals surface area contributed by atoms with Crippen molar-refractivity contribution in [3.05, 3.63) is 42.2 Å². The Labute approximate surface area is 89.4 Å². The van der Waals surface area contributed by atoms with Crippen LogP contribution in [0.4, 0.5) is 0 Å². The molecule has 0 aliphatic carbocycles. The van der Waals surface area contributed by atoms with E-state index in [-0.39, 0.29) is 5.91 Å². The Bertz CT molecular complexity index is 362. The first-order valence-electron chi connectivity index (χ1n) is 5.14. The van der Waals surface area contributed by atoms with E-state index in [1.807, 2.05) is 17.0 Å². The van der Waals surface area contributed by atoms with E-state index >= 15 is 0 Å². The van der Waals surface area contributed by atoms with E-state index in [1.165, 1.54) is 5.57 Å². The molecule has 0 saturated carbocycles. The highest BCUT2D eigenvalue weighted by Gasteiger charge is 2.19. The largest absolute Gasteiger partial charge is 0.337 e. The minimum atomic E-state index is 0.0306. The van der Waals surface area contributed by atoms with Crippen molar-refractivity contribution in [1.29, 1.82) is 0 Å². The molecule has 0 spiro atoms. The number of rotatable bonds is 1. The van der Waals surface area contributed by atoms with Gasteiger partial charge in [-0.2, -0.15) is 0 Å². The van der Waals surface area contributed by atoms with Crippen molar-refractivity contribution >= 4 is 5.91 Å². The predicted octanol–water partition coefficient (Wildman–Crippen LogP) is 1.87. The summed E-state index contributed by atoms with van der Waals surface area (Å²) in [6.45, 7) is 5.47. The standard InChI is InChI=1S/C12H14N2O/c1-10-5-8-14(9-6-10)12(15)11-4-2-3-7-13-11/h2-4,7H,1,5-6,8-9H2. The summed E-state index contributed by atoms with van der Waals surface area (Å²) in [6, 6.07) is 5.41. The molecule has 0 radical (unpaired) electrons. The SMILES string of the molecule is C=C1CCN(C(=O)c2ccccn2)CC1. The van der Waals surface area contributed by atoms with Crippen LogP contribution in [0.25, 0.3) is 0 Å². The van der Waals surface area contributed by atoms with Crippen LogP contribution in [0.5, 0.6) is 0 Å². The Balaban J connectivity index is 2.06. The summed E-state index contributed by atoms with van der Waals surface area (Å²) in [6.07, 6.45) is 3.48.